The zero-order valence-corrected chi connectivity index (χ0v) is 20.5. The van der Waals surface area contributed by atoms with Gasteiger partial charge in [-0.15, -0.1) is 0 Å². The Morgan fingerprint density at radius 3 is 2.24 bits per heavy atom. The van der Waals surface area contributed by atoms with Gasteiger partial charge in [-0.2, -0.15) is 0 Å². The molecule has 4 aromatic rings. The van der Waals surface area contributed by atoms with E-state index < -0.39 is 0 Å². The third-order valence-electron chi connectivity index (χ3n) is 5.84. The van der Waals surface area contributed by atoms with E-state index in [0.717, 1.165) is 27.7 Å². The Balaban J connectivity index is 1.47. The number of unbranched alkanes of at least 4 members (excludes halogenated alkanes) is 1. The number of hydrogen-bond donors (Lipinski definition) is 1. The number of rotatable bonds is 8. The van der Waals surface area contributed by atoms with Crippen molar-refractivity contribution in [3.8, 4) is 16.8 Å². The van der Waals surface area contributed by atoms with Crippen LogP contribution in [0.2, 0.25) is 0 Å². The van der Waals surface area contributed by atoms with Crippen LogP contribution in [0.1, 0.15) is 54.3 Å². The summed E-state index contributed by atoms with van der Waals surface area (Å²) < 4.78 is 2.83. The molecule has 0 bridgehead atoms. The minimum absolute atomic E-state index is 0.114. The van der Waals surface area contributed by atoms with Gasteiger partial charge in [0, 0.05) is 10.2 Å². The fourth-order valence-electron chi connectivity index (χ4n) is 3.83. The first kappa shape index (κ1) is 23.0. The Morgan fingerprint density at radius 1 is 0.970 bits per heavy atom. The van der Waals surface area contributed by atoms with Crippen LogP contribution in [0.15, 0.2) is 89.8 Å². The smallest absolute Gasteiger partial charge is 0.270 e. The van der Waals surface area contributed by atoms with Crippen LogP contribution in [0.3, 0.4) is 0 Å². The van der Waals surface area contributed by atoms with Crippen molar-refractivity contribution in [3.63, 3.8) is 0 Å². The third kappa shape index (κ3) is 5.60. The lowest BCUT2D eigenvalue weighted by Gasteiger charge is -2.15. The molecule has 0 aliphatic heterocycles. The number of nitrogens with zero attached hydrogens (tertiary/aromatic N) is 2. The van der Waals surface area contributed by atoms with Crippen molar-refractivity contribution in [2.45, 2.75) is 39.2 Å². The Kier molecular flexibility index (Phi) is 7.40. The fourth-order valence-corrected chi connectivity index (χ4v) is 4.10. The lowest BCUT2D eigenvalue weighted by Crippen LogP contribution is -2.28. The molecule has 5 heteroatoms. The van der Waals surface area contributed by atoms with Crippen molar-refractivity contribution in [1.29, 1.82) is 0 Å². The van der Waals surface area contributed by atoms with E-state index in [2.05, 4.69) is 69.6 Å². The first-order valence-electron chi connectivity index (χ1n) is 11.3. The van der Waals surface area contributed by atoms with Gasteiger partial charge in [0.2, 0.25) is 0 Å². The highest BCUT2D eigenvalue weighted by atomic mass is 79.9. The minimum atomic E-state index is -0.158. The number of aryl methyl sites for hydroxylation is 1. The third-order valence-corrected chi connectivity index (χ3v) is 6.37. The van der Waals surface area contributed by atoms with E-state index in [1.807, 2.05) is 47.9 Å². The average Bonchev–Trinajstić information content (AvgIpc) is 3.34. The van der Waals surface area contributed by atoms with Crippen LogP contribution in [0.4, 0.5) is 0 Å². The molecule has 0 spiro atoms. The zero-order chi connectivity index (χ0) is 23.2. The Morgan fingerprint density at radius 2 is 1.61 bits per heavy atom. The molecule has 0 fully saturated rings. The molecule has 168 valence electrons. The van der Waals surface area contributed by atoms with Gasteiger partial charge in [0.1, 0.15) is 5.69 Å². The summed E-state index contributed by atoms with van der Waals surface area (Å²) in [5.41, 5.74) is 6.17. The SMILES string of the molecule is CCCCc1ccc(-c2ccc(-n3cncc3C(=O)N[C@@H](C)c3ccc(Br)cc3)cc2)cc1. The van der Waals surface area contributed by atoms with Gasteiger partial charge in [-0.1, -0.05) is 77.8 Å². The van der Waals surface area contributed by atoms with Gasteiger partial charge in [0.25, 0.3) is 5.91 Å². The summed E-state index contributed by atoms with van der Waals surface area (Å²) in [4.78, 5) is 17.2. The molecule has 0 aliphatic carbocycles. The summed E-state index contributed by atoms with van der Waals surface area (Å²) in [7, 11) is 0. The van der Waals surface area contributed by atoms with Crippen molar-refractivity contribution in [2.24, 2.45) is 0 Å². The summed E-state index contributed by atoms with van der Waals surface area (Å²) in [6.07, 6.45) is 6.84. The fraction of sp³-hybridized carbons (Fsp3) is 0.214. The highest BCUT2D eigenvalue weighted by Gasteiger charge is 2.16. The molecule has 0 saturated carbocycles. The van der Waals surface area contributed by atoms with Crippen LogP contribution >= 0.6 is 15.9 Å². The number of halogens is 1. The first-order valence-corrected chi connectivity index (χ1v) is 12.1. The zero-order valence-electron chi connectivity index (χ0n) is 19.0. The van der Waals surface area contributed by atoms with E-state index in [4.69, 9.17) is 0 Å². The molecular weight excluding hydrogens is 474 g/mol. The first-order chi connectivity index (χ1) is 16.0. The molecule has 0 unspecified atom stereocenters. The monoisotopic (exact) mass is 501 g/mol. The highest BCUT2D eigenvalue weighted by Crippen LogP contribution is 2.23. The second-order valence-corrected chi connectivity index (χ2v) is 9.16. The number of aromatic nitrogens is 2. The second-order valence-electron chi connectivity index (χ2n) is 8.24. The van der Waals surface area contributed by atoms with Gasteiger partial charge in [0.15, 0.2) is 0 Å². The Labute approximate surface area is 203 Å². The summed E-state index contributed by atoms with van der Waals surface area (Å²) in [5, 5.41) is 3.07. The molecule has 0 radical (unpaired) electrons. The van der Waals surface area contributed by atoms with Crippen molar-refractivity contribution in [3.05, 3.63) is 107 Å². The maximum absolute atomic E-state index is 13.0. The van der Waals surface area contributed by atoms with Crippen LogP contribution in [0.5, 0.6) is 0 Å². The number of imidazole rings is 1. The van der Waals surface area contributed by atoms with Gasteiger partial charge in [-0.3, -0.25) is 9.36 Å². The molecule has 4 nitrogen and oxygen atoms in total. The molecule has 0 saturated heterocycles. The molecule has 4 rings (SSSR count). The predicted octanol–water partition coefficient (Wildman–Crippen LogP) is 7.14. The van der Waals surface area contributed by atoms with Crippen LogP contribution < -0.4 is 5.32 Å². The normalized spacial score (nSPS) is 11.8. The van der Waals surface area contributed by atoms with Gasteiger partial charge in [0.05, 0.1) is 18.6 Å². The molecule has 1 amide bonds. The van der Waals surface area contributed by atoms with E-state index in [1.165, 1.54) is 24.0 Å². The molecule has 1 atom stereocenters. The van der Waals surface area contributed by atoms with Crippen LogP contribution in [0.25, 0.3) is 16.8 Å². The largest absolute Gasteiger partial charge is 0.344 e. The molecule has 1 N–H and O–H groups in total. The minimum Gasteiger partial charge on any atom is -0.344 e. The standard InChI is InChI=1S/C28H28BrN3O/c1-3-4-5-21-6-8-23(9-7-21)24-12-16-26(17-13-24)32-19-30-18-27(32)28(33)31-20(2)22-10-14-25(29)15-11-22/h6-20H,3-5H2,1-2H3,(H,31,33)/t20-/m0/s1. The molecule has 33 heavy (non-hydrogen) atoms. The quantitative estimate of drug-likeness (QED) is 0.279. The summed E-state index contributed by atoms with van der Waals surface area (Å²) in [6, 6.07) is 24.8. The number of hydrogen-bond acceptors (Lipinski definition) is 2. The topological polar surface area (TPSA) is 46.9 Å². The number of benzene rings is 3. The van der Waals surface area contributed by atoms with E-state index in [1.54, 1.807) is 12.5 Å². The second kappa shape index (κ2) is 10.6. The maximum atomic E-state index is 13.0. The van der Waals surface area contributed by atoms with Gasteiger partial charge >= 0.3 is 0 Å². The van der Waals surface area contributed by atoms with E-state index in [0.29, 0.717) is 5.69 Å². The molecule has 0 aliphatic rings. The van der Waals surface area contributed by atoms with Crippen molar-refractivity contribution < 1.29 is 4.79 Å². The van der Waals surface area contributed by atoms with E-state index >= 15 is 0 Å². The lowest BCUT2D eigenvalue weighted by atomic mass is 10.0. The van der Waals surface area contributed by atoms with E-state index in [9.17, 15) is 4.79 Å². The molecule has 1 aromatic heterocycles. The summed E-state index contributed by atoms with van der Waals surface area (Å²) in [6.45, 7) is 4.19. The highest BCUT2D eigenvalue weighted by molar-refractivity contribution is 9.10. The number of carbonyl (C=O) groups excluding carboxylic acids is 1. The summed E-state index contributed by atoms with van der Waals surface area (Å²) >= 11 is 3.45. The van der Waals surface area contributed by atoms with Gasteiger partial charge in [-0.05, 0) is 66.3 Å². The van der Waals surface area contributed by atoms with Crippen LogP contribution in [-0.4, -0.2) is 15.5 Å². The van der Waals surface area contributed by atoms with Crippen LogP contribution in [0, 0.1) is 0 Å². The van der Waals surface area contributed by atoms with Crippen molar-refractivity contribution >= 4 is 21.8 Å². The van der Waals surface area contributed by atoms with Crippen molar-refractivity contribution in [2.75, 3.05) is 0 Å². The Hall–Kier alpha value is -3.18. The van der Waals surface area contributed by atoms with Crippen molar-refractivity contribution in [1.82, 2.24) is 14.9 Å². The Bertz CT molecular complexity index is 1200. The number of carbonyl (C=O) groups is 1. The molecule has 3 aromatic carbocycles. The van der Waals surface area contributed by atoms with Crippen LogP contribution in [-0.2, 0) is 6.42 Å². The maximum Gasteiger partial charge on any atom is 0.270 e. The predicted molar refractivity (Wildman–Crippen MR) is 138 cm³/mol. The van der Waals surface area contributed by atoms with Gasteiger partial charge < -0.3 is 5.32 Å². The van der Waals surface area contributed by atoms with Gasteiger partial charge in [-0.25, -0.2) is 4.98 Å². The summed E-state index contributed by atoms with van der Waals surface area (Å²) in [5.74, 6) is -0.158. The van der Waals surface area contributed by atoms with E-state index in [-0.39, 0.29) is 11.9 Å². The average molecular weight is 502 g/mol. The molecular formula is C28H28BrN3O. The molecule has 1 heterocycles. The lowest BCUT2D eigenvalue weighted by molar-refractivity contribution is 0.0933. The number of nitrogens with one attached hydrogen (secondary N) is 1. The number of amides is 1.